The van der Waals surface area contributed by atoms with Gasteiger partial charge in [-0.05, 0) is 55.3 Å². The molecule has 0 aromatic heterocycles. The van der Waals surface area contributed by atoms with E-state index >= 15 is 0 Å². The Hall–Kier alpha value is -1.31. The Balaban J connectivity index is 2.35. The van der Waals surface area contributed by atoms with Crippen LogP contribution in [0.2, 0.25) is 15.1 Å². The fourth-order valence-corrected chi connectivity index (χ4v) is 4.24. The maximum atomic E-state index is 13.1. The summed E-state index contributed by atoms with van der Waals surface area (Å²) >= 11 is 17.8. The fraction of sp³-hybridized carbons (Fsp3) is 0.316. The number of carbonyl (C=O) groups is 1. The van der Waals surface area contributed by atoms with Gasteiger partial charge in [0.2, 0.25) is 15.9 Å². The third-order valence-electron chi connectivity index (χ3n) is 4.13. The molecule has 28 heavy (non-hydrogen) atoms. The van der Waals surface area contributed by atoms with Crippen molar-refractivity contribution in [3.8, 4) is 0 Å². The molecule has 0 spiro atoms. The van der Waals surface area contributed by atoms with Crippen LogP contribution in [-0.2, 0) is 21.4 Å². The molecule has 9 heteroatoms. The minimum absolute atomic E-state index is 0.0320. The molecule has 5 nitrogen and oxygen atoms in total. The highest BCUT2D eigenvalue weighted by Gasteiger charge is 2.27. The molecule has 0 saturated carbocycles. The molecule has 0 unspecified atom stereocenters. The normalized spacial score (nSPS) is 12.8. The van der Waals surface area contributed by atoms with Crippen LogP contribution in [0.15, 0.2) is 47.4 Å². The summed E-state index contributed by atoms with van der Waals surface area (Å²) in [6.07, 6.45) is 0.739. The predicted molar refractivity (Wildman–Crippen MR) is 113 cm³/mol. The van der Waals surface area contributed by atoms with Gasteiger partial charge < -0.3 is 5.32 Å². The van der Waals surface area contributed by atoms with Gasteiger partial charge in [-0.3, -0.25) is 4.79 Å². The molecule has 0 heterocycles. The number of nitrogens with zero attached hydrogens (tertiary/aromatic N) is 1. The van der Waals surface area contributed by atoms with E-state index in [9.17, 15) is 13.2 Å². The average Bonchev–Trinajstić information content (AvgIpc) is 2.64. The van der Waals surface area contributed by atoms with Crippen molar-refractivity contribution in [1.29, 1.82) is 0 Å². The number of sulfonamides is 1. The van der Waals surface area contributed by atoms with Crippen LogP contribution < -0.4 is 5.32 Å². The summed E-state index contributed by atoms with van der Waals surface area (Å²) in [7, 11) is -3.94. The number of carbonyl (C=O) groups excluding carboxylic acids is 1. The van der Waals surface area contributed by atoms with Crippen LogP contribution in [0.25, 0.3) is 0 Å². The van der Waals surface area contributed by atoms with Crippen LogP contribution in [0, 0.1) is 0 Å². The Kier molecular flexibility index (Phi) is 8.16. The Bertz CT molecular complexity index is 934. The molecule has 0 aliphatic rings. The Labute approximate surface area is 180 Å². The third-order valence-corrected chi connectivity index (χ3v) is 6.93. The van der Waals surface area contributed by atoms with Crippen molar-refractivity contribution >= 4 is 50.7 Å². The van der Waals surface area contributed by atoms with Crippen molar-refractivity contribution in [2.75, 3.05) is 6.54 Å². The van der Waals surface area contributed by atoms with E-state index in [4.69, 9.17) is 34.8 Å². The van der Waals surface area contributed by atoms with E-state index in [-0.39, 0.29) is 29.9 Å². The van der Waals surface area contributed by atoms with Gasteiger partial charge >= 0.3 is 0 Å². The molecule has 2 rings (SSSR count). The van der Waals surface area contributed by atoms with E-state index in [0.29, 0.717) is 20.6 Å². The van der Waals surface area contributed by atoms with Gasteiger partial charge in [0.05, 0.1) is 21.5 Å². The zero-order valence-electron chi connectivity index (χ0n) is 15.5. The number of hydrogen-bond acceptors (Lipinski definition) is 3. The zero-order chi connectivity index (χ0) is 20.9. The summed E-state index contributed by atoms with van der Waals surface area (Å²) in [5.41, 5.74) is 0.614. The first-order chi connectivity index (χ1) is 13.1. The second kappa shape index (κ2) is 9.94. The van der Waals surface area contributed by atoms with Crippen LogP contribution in [0.4, 0.5) is 0 Å². The fourth-order valence-electron chi connectivity index (χ4n) is 2.41. The molecule has 1 amide bonds. The van der Waals surface area contributed by atoms with Crippen LogP contribution in [-0.4, -0.2) is 31.2 Å². The van der Waals surface area contributed by atoms with E-state index < -0.39 is 10.0 Å². The maximum absolute atomic E-state index is 13.1. The highest BCUT2D eigenvalue weighted by atomic mass is 35.5. The summed E-state index contributed by atoms with van der Waals surface area (Å²) < 4.78 is 27.4. The molecule has 0 radical (unpaired) electrons. The smallest absolute Gasteiger partial charge is 0.243 e. The first kappa shape index (κ1) is 23.0. The lowest BCUT2D eigenvalue weighted by atomic mass is 10.2. The van der Waals surface area contributed by atoms with E-state index in [1.165, 1.54) is 24.3 Å². The molecule has 1 atom stereocenters. The Morgan fingerprint density at radius 1 is 1.07 bits per heavy atom. The minimum Gasteiger partial charge on any atom is -0.353 e. The van der Waals surface area contributed by atoms with E-state index in [0.717, 1.165) is 10.7 Å². The first-order valence-electron chi connectivity index (χ1n) is 8.62. The van der Waals surface area contributed by atoms with Gasteiger partial charge in [0.25, 0.3) is 0 Å². The molecule has 2 aromatic carbocycles. The molecular formula is C19H21Cl3N2O3S. The average molecular weight is 464 g/mol. The van der Waals surface area contributed by atoms with Crippen molar-refractivity contribution in [3.05, 3.63) is 63.1 Å². The lowest BCUT2D eigenvalue weighted by Gasteiger charge is -2.23. The van der Waals surface area contributed by atoms with Crippen LogP contribution >= 0.6 is 34.8 Å². The number of hydrogen-bond donors (Lipinski definition) is 1. The van der Waals surface area contributed by atoms with Crippen molar-refractivity contribution in [1.82, 2.24) is 9.62 Å². The third kappa shape index (κ3) is 6.09. The summed E-state index contributed by atoms with van der Waals surface area (Å²) in [5, 5.41) is 3.89. The van der Waals surface area contributed by atoms with E-state index in [2.05, 4.69) is 5.32 Å². The van der Waals surface area contributed by atoms with Crippen molar-refractivity contribution in [2.24, 2.45) is 0 Å². The Morgan fingerprint density at radius 3 is 2.29 bits per heavy atom. The van der Waals surface area contributed by atoms with Gasteiger partial charge in [-0.2, -0.15) is 4.31 Å². The minimum atomic E-state index is -3.94. The summed E-state index contributed by atoms with van der Waals surface area (Å²) in [5.74, 6) is -0.382. The predicted octanol–water partition coefficient (Wildman–Crippen LogP) is 4.75. The van der Waals surface area contributed by atoms with Gasteiger partial charge in [0, 0.05) is 17.6 Å². The molecule has 0 fully saturated rings. The van der Waals surface area contributed by atoms with Gasteiger partial charge in [-0.25, -0.2) is 8.42 Å². The van der Waals surface area contributed by atoms with E-state index in [1.54, 1.807) is 18.2 Å². The number of nitrogens with one attached hydrogen (secondary N) is 1. The van der Waals surface area contributed by atoms with Gasteiger partial charge in [-0.15, -0.1) is 0 Å². The van der Waals surface area contributed by atoms with E-state index in [1.807, 2.05) is 13.8 Å². The van der Waals surface area contributed by atoms with Gasteiger partial charge in [-0.1, -0.05) is 47.8 Å². The van der Waals surface area contributed by atoms with Crippen LogP contribution in [0.1, 0.15) is 25.8 Å². The summed E-state index contributed by atoms with van der Waals surface area (Å²) in [6.45, 7) is 3.43. The lowest BCUT2D eigenvalue weighted by Crippen LogP contribution is -2.43. The molecule has 2 aromatic rings. The maximum Gasteiger partial charge on any atom is 0.243 e. The molecule has 0 aliphatic heterocycles. The molecule has 152 valence electrons. The number of halogens is 3. The van der Waals surface area contributed by atoms with Crippen molar-refractivity contribution in [3.63, 3.8) is 0 Å². The molecule has 0 aliphatic carbocycles. The van der Waals surface area contributed by atoms with Crippen LogP contribution in [0.3, 0.4) is 0 Å². The Morgan fingerprint density at radius 2 is 1.71 bits per heavy atom. The van der Waals surface area contributed by atoms with Gasteiger partial charge in [0.1, 0.15) is 0 Å². The summed E-state index contributed by atoms with van der Waals surface area (Å²) in [6, 6.07) is 10.6. The number of rotatable bonds is 8. The number of benzene rings is 2. The molecule has 0 bridgehead atoms. The van der Waals surface area contributed by atoms with Crippen molar-refractivity contribution < 1.29 is 13.2 Å². The monoisotopic (exact) mass is 462 g/mol. The lowest BCUT2D eigenvalue weighted by molar-refractivity contribution is -0.122. The zero-order valence-corrected chi connectivity index (χ0v) is 18.5. The van der Waals surface area contributed by atoms with Crippen molar-refractivity contribution in [2.45, 2.75) is 37.8 Å². The standard InChI is InChI=1S/C19H21Cl3N2O3S/c1-3-13(2)23-19(25)12-24(11-14-4-9-17(21)18(22)10-14)28(26,27)16-7-5-15(20)6-8-16/h4-10,13H,3,11-12H2,1-2H3,(H,23,25)/t13-/m1/s1. The number of amides is 1. The quantitative estimate of drug-likeness (QED) is 0.614. The van der Waals surface area contributed by atoms with Gasteiger partial charge in [0.15, 0.2) is 0 Å². The van der Waals surface area contributed by atoms with Crippen LogP contribution in [0.5, 0.6) is 0 Å². The second-order valence-corrected chi connectivity index (χ2v) is 9.54. The topological polar surface area (TPSA) is 66.5 Å². The highest BCUT2D eigenvalue weighted by Crippen LogP contribution is 2.25. The second-order valence-electron chi connectivity index (χ2n) is 6.35. The molecular weight excluding hydrogens is 443 g/mol. The molecule has 1 N–H and O–H groups in total. The largest absolute Gasteiger partial charge is 0.353 e. The first-order valence-corrected chi connectivity index (χ1v) is 11.2. The highest BCUT2D eigenvalue weighted by molar-refractivity contribution is 7.89. The molecule has 0 saturated heterocycles. The summed E-state index contributed by atoms with van der Waals surface area (Å²) in [4.78, 5) is 12.4. The SMILES string of the molecule is CC[C@@H](C)NC(=O)CN(Cc1ccc(Cl)c(Cl)c1)S(=O)(=O)c1ccc(Cl)cc1.